The third-order valence-electron chi connectivity index (χ3n) is 5.64. The van der Waals surface area contributed by atoms with E-state index in [1.165, 1.54) is 0 Å². The van der Waals surface area contributed by atoms with Crippen molar-refractivity contribution in [3.63, 3.8) is 0 Å². The van der Waals surface area contributed by atoms with E-state index >= 15 is 0 Å². The molecule has 0 spiro atoms. The molecule has 4 rings (SSSR count). The first-order valence-corrected chi connectivity index (χ1v) is 10.3. The molecular formula is C24H27N3O3. The Morgan fingerprint density at radius 1 is 0.967 bits per heavy atom. The maximum Gasteiger partial charge on any atom is 0.278 e. The number of ether oxygens (including phenoxy) is 2. The normalized spacial score (nSPS) is 16.7. The largest absolute Gasteiger partial charge is 0.497 e. The minimum Gasteiger partial charge on any atom is -0.497 e. The molecule has 1 saturated heterocycles. The predicted octanol–water partition coefficient (Wildman–Crippen LogP) is 4.65. The minimum atomic E-state index is -0.0933. The lowest BCUT2D eigenvalue weighted by Gasteiger charge is -2.30. The van der Waals surface area contributed by atoms with Crippen LogP contribution in [0.25, 0.3) is 5.69 Å². The van der Waals surface area contributed by atoms with Crippen molar-refractivity contribution in [2.45, 2.75) is 31.7 Å². The van der Waals surface area contributed by atoms with Gasteiger partial charge in [-0.3, -0.25) is 4.79 Å². The highest BCUT2D eigenvalue weighted by Gasteiger charge is 2.31. The summed E-state index contributed by atoms with van der Waals surface area (Å²) in [6.07, 6.45) is 5.89. The standard InChI is InChI=1S/C24H27N3O3/c1-29-20-14-12-18(13-15-20)21-11-7-4-8-16-26(21)24(28)23-22(30-2)17-27(25-23)19-9-5-3-6-10-19/h3,5-6,9-10,12-15,17,21H,4,7-8,11,16H2,1-2H3/t21-/m0/s1. The average Bonchev–Trinajstić information content (AvgIpc) is 3.09. The number of likely N-dealkylation sites (tertiary alicyclic amines) is 1. The van der Waals surface area contributed by atoms with Crippen molar-refractivity contribution in [1.82, 2.24) is 14.7 Å². The van der Waals surface area contributed by atoms with Crippen molar-refractivity contribution in [3.05, 3.63) is 72.1 Å². The number of carbonyl (C=O) groups is 1. The quantitative estimate of drug-likeness (QED) is 0.620. The highest BCUT2D eigenvalue weighted by Crippen LogP contribution is 2.33. The summed E-state index contributed by atoms with van der Waals surface area (Å²) in [6.45, 7) is 0.705. The van der Waals surface area contributed by atoms with Gasteiger partial charge in [-0.15, -0.1) is 0 Å². The predicted molar refractivity (Wildman–Crippen MR) is 115 cm³/mol. The molecule has 1 fully saturated rings. The second-order valence-corrected chi connectivity index (χ2v) is 7.46. The van der Waals surface area contributed by atoms with E-state index in [0.717, 1.165) is 42.7 Å². The van der Waals surface area contributed by atoms with E-state index in [0.29, 0.717) is 18.0 Å². The SMILES string of the molecule is COc1ccc([C@@H]2CCCCCN2C(=O)c2nn(-c3ccccc3)cc2OC)cc1. The van der Waals surface area contributed by atoms with Crippen LogP contribution < -0.4 is 9.47 Å². The molecule has 1 aliphatic rings. The fourth-order valence-corrected chi connectivity index (χ4v) is 4.03. The lowest BCUT2D eigenvalue weighted by Crippen LogP contribution is -2.35. The van der Waals surface area contributed by atoms with Crippen molar-refractivity contribution >= 4 is 5.91 Å². The number of methoxy groups -OCH3 is 2. The molecule has 0 saturated carbocycles. The molecule has 0 aliphatic carbocycles. The van der Waals surface area contributed by atoms with E-state index in [2.05, 4.69) is 17.2 Å². The van der Waals surface area contributed by atoms with Crippen molar-refractivity contribution in [1.29, 1.82) is 0 Å². The molecule has 1 aromatic heterocycles. The number of hydrogen-bond acceptors (Lipinski definition) is 4. The summed E-state index contributed by atoms with van der Waals surface area (Å²) in [5.41, 5.74) is 2.35. The summed E-state index contributed by atoms with van der Waals surface area (Å²) < 4.78 is 12.5. The van der Waals surface area contributed by atoms with E-state index in [1.54, 1.807) is 25.1 Å². The zero-order valence-electron chi connectivity index (χ0n) is 17.5. The van der Waals surface area contributed by atoms with Crippen LogP contribution in [-0.2, 0) is 0 Å². The maximum absolute atomic E-state index is 13.6. The third-order valence-corrected chi connectivity index (χ3v) is 5.64. The monoisotopic (exact) mass is 405 g/mol. The van der Waals surface area contributed by atoms with Crippen LogP contribution >= 0.6 is 0 Å². The summed E-state index contributed by atoms with van der Waals surface area (Å²) in [6, 6.07) is 17.8. The Labute approximate surface area is 177 Å². The average molecular weight is 405 g/mol. The van der Waals surface area contributed by atoms with Crippen LogP contribution in [0.15, 0.2) is 60.8 Å². The molecule has 2 heterocycles. The van der Waals surface area contributed by atoms with Gasteiger partial charge in [-0.1, -0.05) is 43.2 Å². The first-order chi connectivity index (χ1) is 14.7. The fourth-order valence-electron chi connectivity index (χ4n) is 4.03. The van der Waals surface area contributed by atoms with Crippen LogP contribution in [0.1, 0.15) is 47.8 Å². The first-order valence-electron chi connectivity index (χ1n) is 10.3. The Hall–Kier alpha value is -3.28. The van der Waals surface area contributed by atoms with Gasteiger partial charge < -0.3 is 14.4 Å². The lowest BCUT2D eigenvalue weighted by molar-refractivity contribution is 0.0671. The van der Waals surface area contributed by atoms with E-state index < -0.39 is 0 Å². The smallest absolute Gasteiger partial charge is 0.278 e. The van der Waals surface area contributed by atoms with E-state index in [1.807, 2.05) is 47.4 Å². The number of para-hydroxylation sites is 1. The second kappa shape index (κ2) is 9.03. The highest BCUT2D eigenvalue weighted by molar-refractivity contribution is 5.95. The third kappa shape index (κ3) is 4.03. The molecule has 1 atom stereocenters. The molecule has 156 valence electrons. The van der Waals surface area contributed by atoms with Gasteiger partial charge in [0.25, 0.3) is 5.91 Å². The van der Waals surface area contributed by atoms with Crippen LogP contribution in [0.2, 0.25) is 0 Å². The maximum atomic E-state index is 13.6. The summed E-state index contributed by atoms with van der Waals surface area (Å²) in [7, 11) is 3.23. The van der Waals surface area contributed by atoms with Gasteiger partial charge in [0.05, 0.1) is 32.1 Å². The van der Waals surface area contributed by atoms with Gasteiger partial charge in [0.1, 0.15) is 5.75 Å². The molecule has 30 heavy (non-hydrogen) atoms. The number of hydrogen-bond donors (Lipinski definition) is 0. The Balaban J connectivity index is 1.67. The number of amides is 1. The molecule has 3 aromatic rings. The van der Waals surface area contributed by atoms with Crippen LogP contribution in [0, 0.1) is 0 Å². The number of rotatable bonds is 5. The summed E-state index contributed by atoms with van der Waals surface area (Å²) in [5, 5.41) is 4.59. The van der Waals surface area contributed by atoms with Gasteiger partial charge in [-0.2, -0.15) is 5.10 Å². The first kappa shape index (κ1) is 20.0. The van der Waals surface area contributed by atoms with E-state index in [-0.39, 0.29) is 11.9 Å². The van der Waals surface area contributed by atoms with Crippen LogP contribution in [-0.4, -0.2) is 41.4 Å². The highest BCUT2D eigenvalue weighted by atomic mass is 16.5. The molecule has 0 N–H and O–H groups in total. The van der Waals surface area contributed by atoms with Crippen molar-refractivity contribution < 1.29 is 14.3 Å². The van der Waals surface area contributed by atoms with E-state index in [4.69, 9.17) is 9.47 Å². The Morgan fingerprint density at radius 3 is 2.43 bits per heavy atom. The molecule has 0 radical (unpaired) electrons. The van der Waals surface area contributed by atoms with Crippen LogP contribution in [0.5, 0.6) is 11.5 Å². The zero-order valence-corrected chi connectivity index (χ0v) is 17.5. The van der Waals surface area contributed by atoms with Crippen molar-refractivity contribution in [2.75, 3.05) is 20.8 Å². The Kier molecular flexibility index (Phi) is 6.02. The van der Waals surface area contributed by atoms with Crippen molar-refractivity contribution in [3.8, 4) is 17.2 Å². The van der Waals surface area contributed by atoms with Crippen molar-refractivity contribution in [2.24, 2.45) is 0 Å². The van der Waals surface area contributed by atoms with Gasteiger partial charge in [0, 0.05) is 6.54 Å². The number of aromatic nitrogens is 2. The number of nitrogens with zero attached hydrogens (tertiary/aromatic N) is 3. The van der Waals surface area contributed by atoms with Gasteiger partial charge in [0.2, 0.25) is 0 Å². The molecule has 6 heteroatoms. The van der Waals surface area contributed by atoms with Gasteiger partial charge in [-0.25, -0.2) is 4.68 Å². The van der Waals surface area contributed by atoms with Gasteiger partial charge >= 0.3 is 0 Å². The van der Waals surface area contributed by atoms with E-state index in [9.17, 15) is 4.79 Å². The zero-order chi connectivity index (χ0) is 20.9. The molecule has 2 aromatic carbocycles. The molecule has 0 unspecified atom stereocenters. The van der Waals surface area contributed by atoms with Crippen LogP contribution in [0.3, 0.4) is 0 Å². The molecule has 0 bridgehead atoms. The Morgan fingerprint density at radius 2 is 1.73 bits per heavy atom. The summed E-state index contributed by atoms with van der Waals surface area (Å²) in [5.74, 6) is 1.21. The van der Waals surface area contributed by atoms with Gasteiger partial charge in [-0.05, 0) is 42.7 Å². The molecule has 6 nitrogen and oxygen atoms in total. The van der Waals surface area contributed by atoms with Crippen LogP contribution in [0.4, 0.5) is 0 Å². The summed E-state index contributed by atoms with van der Waals surface area (Å²) in [4.78, 5) is 15.6. The fraction of sp³-hybridized carbons (Fsp3) is 0.333. The minimum absolute atomic E-state index is 0.0116. The number of carbonyl (C=O) groups excluding carboxylic acids is 1. The molecule has 1 aliphatic heterocycles. The number of benzene rings is 2. The lowest BCUT2D eigenvalue weighted by atomic mass is 10.0. The summed E-state index contributed by atoms with van der Waals surface area (Å²) >= 11 is 0. The second-order valence-electron chi connectivity index (χ2n) is 7.46. The topological polar surface area (TPSA) is 56.6 Å². The molecular weight excluding hydrogens is 378 g/mol. The Bertz CT molecular complexity index is 983. The van der Waals surface area contributed by atoms with Gasteiger partial charge in [0.15, 0.2) is 11.4 Å². The molecule has 1 amide bonds.